The van der Waals surface area contributed by atoms with Gasteiger partial charge in [-0.05, 0) is 12.2 Å². The number of aliphatic hydroxyl groups excluding tert-OH is 1. The molecule has 16 heavy (non-hydrogen) atoms. The summed E-state index contributed by atoms with van der Waals surface area (Å²) in [6.07, 6.45) is 6.28. The van der Waals surface area contributed by atoms with Gasteiger partial charge in [-0.1, -0.05) is 64.6 Å². The molecule has 0 aromatic heterocycles. The molecule has 2 nitrogen and oxygen atoms in total. The smallest absolute Gasteiger partial charge is 0.194 e. The van der Waals surface area contributed by atoms with Crippen LogP contribution in [0, 0.1) is 5.92 Å². The normalized spacial score (nSPS) is 14.8. The number of hydrogen-bond donors (Lipinski definition) is 1. The third-order valence-electron chi connectivity index (χ3n) is 2.84. The predicted octanol–water partition coefficient (Wildman–Crippen LogP) is 3.62. The zero-order chi connectivity index (χ0) is 12.4. The van der Waals surface area contributed by atoms with Gasteiger partial charge in [-0.25, -0.2) is 0 Å². The van der Waals surface area contributed by atoms with Crippen molar-refractivity contribution in [3.05, 3.63) is 0 Å². The average molecular weight is 246 g/mol. The van der Waals surface area contributed by atoms with Crippen LogP contribution in [0.2, 0.25) is 0 Å². The molecule has 0 aliphatic heterocycles. The van der Waals surface area contributed by atoms with Gasteiger partial charge in [0.1, 0.15) is 0 Å². The van der Waals surface area contributed by atoms with Crippen LogP contribution in [0.5, 0.6) is 0 Å². The summed E-state index contributed by atoms with van der Waals surface area (Å²) in [6.45, 7) is 5.99. The molecule has 0 amide bonds. The lowest BCUT2D eigenvalue weighted by atomic mass is 10.00. The summed E-state index contributed by atoms with van der Waals surface area (Å²) in [7, 11) is 0. The lowest BCUT2D eigenvalue weighted by Crippen LogP contribution is -2.23. The average Bonchev–Trinajstić information content (AvgIpc) is 2.27. The van der Waals surface area contributed by atoms with Crippen molar-refractivity contribution in [2.45, 2.75) is 65.4 Å². The van der Waals surface area contributed by atoms with Gasteiger partial charge in [0.15, 0.2) is 5.12 Å². The maximum Gasteiger partial charge on any atom is 0.194 e. The summed E-state index contributed by atoms with van der Waals surface area (Å²) in [5.41, 5.74) is 0. The first-order valence-corrected chi connectivity index (χ1v) is 7.46. The van der Waals surface area contributed by atoms with Crippen LogP contribution < -0.4 is 0 Å². The summed E-state index contributed by atoms with van der Waals surface area (Å²) >= 11 is 1.32. The first-order valence-electron chi connectivity index (χ1n) is 6.48. The molecule has 0 aromatic rings. The Kier molecular flexibility index (Phi) is 10.1. The summed E-state index contributed by atoms with van der Waals surface area (Å²) < 4.78 is 0. The molecule has 2 atom stereocenters. The van der Waals surface area contributed by atoms with Gasteiger partial charge in [0, 0.05) is 0 Å². The Balaban J connectivity index is 3.62. The highest BCUT2D eigenvalue weighted by atomic mass is 32.2. The van der Waals surface area contributed by atoms with E-state index in [2.05, 4.69) is 6.92 Å². The predicted molar refractivity (Wildman–Crippen MR) is 71.7 cm³/mol. The van der Waals surface area contributed by atoms with Gasteiger partial charge < -0.3 is 5.11 Å². The SMILES string of the molecule is CCCCCCC[C@H](O)[C@H](C)C(=O)SCC. The van der Waals surface area contributed by atoms with Crippen LogP contribution in [0.15, 0.2) is 0 Å². The van der Waals surface area contributed by atoms with Crippen molar-refractivity contribution in [3.8, 4) is 0 Å². The minimum Gasteiger partial charge on any atom is -0.392 e. The number of unbranched alkanes of at least 4 members (excludes halogenated alkanes) is 4. The third kappa shape index (κ3) is 7.29. The second kappa shape index (κ2) is 10.2. The van der Waals surface area contributed by atoms with Crippen molar-refractivity contribution < 1.29 is 9.90 Å². The van der Waals surface area contributed by atoms with E-state index >= 15 is 0 Å². The van der Waals surface area contributed by atoms with Crippen LogP contribution in [0.4, 0.5) is 0 Å². The Bertz CT molecular complexity index is 183. The topological polar surface area (TPSA) is 37.3 Å². The van der Waals surface area contributed by atoms with Gasteiger partial charge in [0.05, 0.1) is 12.0 Å². The van der Waals surface area contributed by atoms with Gasteiger partial charge in [-0.3, -0.25) is 4.79 Å². The number of hydrogen-bond acceptors (Lipinski definition) is 3. The highest BCUT2D eigenvalue weighted by Crippen LogP contribution is 2.18. The zero-order valence-electron chi connectivity index (χ0n) is 10.9. The Morgan fingerprint density at radius 3 is 2.38 bits per heavy atom. The molecular formula is C13H26O2S. The van der Waals surface area contributed by atoms with Crippen molar-refractivity contribution >= 4 is 16.9 Å². The fraction of sp³-hybridized carbons (Fsp3) is 0.923. The number of carbonyl (C=O) groups excluding carboxylic acids is 1. The van der Waals surface area contributed by atoms with Crippen molar-refractivity contribution in [2.75, 3.05) is 5.75 Å². The maximum atomic E-state index is 11.5. The Labute approximate surface area is 104 Å². The summed E-state index contributed by atoms with van der Waals surface area (Å²) in [4.78, 5) is 11.5. The van der Waals surface area contributed by atoms with Crippen LogP contribution in [-0.4, -0.2) is 22.1 Å². The van der Waals surface area contributed by atoms with Gasteiger partial charge in [-0.2, -0.15) is 0 Å². The van der Waals surface area contributed by atoms with Crippen molar-refractivity contribution in [3.63, 3.8) is 0 Å². The number of carbonyl (C=O) groups is 1. The second-order valence-corrected chi connectivity index (χ2v) is 5.58. The van der Waals surface area contributed by atoms with Gasteiger partial charge in [-0.15, -0.1) is 0 Å². The van der Waals surface area contributed by atoms with E-state index in [0.29, 0.717) is 0 Å². The molecule has 0 fully saturated rings. The van der Waals surface area contributed by atoms with E-state index in [4.69, 9.17) is 0 Å². The molecule has 0 aromatic carbocycles. The summed E-state index contributed by atoms with van der Waals surface area (Å²) in [5, 5.41) is 9.97. The first kappa shape index (κ1) is 16.0. The van der Waals surface area contributed by atoms with Crippen molar-refractivity contribution in [1.82, 2.24) is 0 Å². The zero-order valence-corrected chi connectivity index (χ0v) is 11.7. The fourth-order valence-electron chi connectivity index (χ4n) is 1.64. The van der Waals surface area contributed by atoms with E-state index in [-0.39, 0.29) is 11.0 Å². The monoisotopic (exact) mass is 246 g/mol. The second-order valence-electron chi connectivity index (χ2n) is 4.31. The first-order chi connectivity index (χ1) is 7.63. The minimum absolute atomic E-state index is 0.128. The van der Waals surface area contributed by atoms with Crippen LogP contribution in [-0.2, 0) is 4.79 Å². The van der Waals surface area contributed by atoms with E-state index in [1.165, 1.54) is 37.4 Å². The Hall–Kier alpha value is -0.0200. The Morgan fingerprint density at radius 2 is 1.81 bits per heavy atom. The van der Waals surface area contributed by atoms with Crippen LogP contribution in [0.1, 0.15) is 59.3 Å². The van der Waals surface area contributed by atoms with Gasteiger partial charge in [0.2, 0.25) is 0 Å². The van der Waals surface area contributed by atoms with Crippen molar-refractivity contribution in [2.24, 2.45) is 5.92 Å². The van der Waals surface area contributed by atoms with E-state index < -0.39 is 6.10 Å². The molecule has 0 radical (unpaired) electrons. The van der Waals surface area contributed by atoms with Crippen molar-refractivity contribution in [1.29, 1.82) is 0 Å². The Morgan fingerprint density at radius 1 is 1.19 bits per heavy atom. The molecule has 0 aliphatic carbocycles. The lowest BCUT2D eigenvalue weighted by molar-refractivity contribution is -0.117. The number of aliphatic hydroxyl groups is 1. The number of rotatable bonds is 9. The molecule has 0 bridgehead atoms. The van der Waals surface area contributed by atoms with E-state index in [9.17, 15) is 9.90 Å². The van der Waals surface area contributed by atoms with Gasteiger partial charge in [0.25, 0.3) is 0 Å². The van der Waals surface area contributed by atoms with E-state index in [1.807, 2.05) is 13.8 Å². The summed E-state index contributed by atoms with van der Waals surface area (Å²) in [6, 6.07) is 0. The largest absolute Gasteiger partial charge is 0.392 e. The molecule has 3 heteroatoms. The molecule has 1 N–H and O–H groups in total. The van der Waals surface area contributed by atoms with Crippen LogP contribution >= 0.6 is 11.8 Å². The van der Waals surface area contributed by atoms with Crippen LogP contribution in [0.25, 0.3) is 0 Å². The quantitative estimate of drug-likeness (QED) is 0.631. The minimum atomic E-state index is -0.451. The molecule has 0 aliphatic rings. The molecule has 0 saturated heterocycles. The van der Waals surface area contributed by atoms with Crippen LogP contribution in [0.3, 0.4) is 0 Å². The molecule has 0 heterocycles. The standard InChI is InChI=1S/C13H26O2S/c1-4-6-7-8-9-10-12(14)11(3)13(15)16-5-2/h11-12,14H,4-10H2,1-3H3/t11-,12-/m0/s1. The van der Waals surface area contributed by atoms with E-state index in [0.717, 1.165) is 18.6 Å². The molecular weight excluding hydrogens is 220 g/mol. The van der Waals surface area contributed by atoms with E-state index in [1.54, 1.807) is 0 Å². The highest BCUT2D eigenvalue weighted by Gasteiger charge is 2.21. The molecule has 0 spiro atoms. The lowest BCUT2D eigenvalue weighted by Gasteiger charge is -2.16. The van der Waals surface area contributed by atoms with Gasteiger partial charge >= 0.3 is 0 Å². The highest BCUT2D eigenvalue weighted by molar-refractivity contribution is 8.13. The fourth-order valence-corrected chi connectivity index (χ4v) is 2.34. The number of thioether (sulfide) groups is 1. The summed E-state index contributed by atoms with van der Waals surface area (Å²) in [5.74, 6) is 0.586. The third-order valence-corrected chi connectivity index (χ3v) is 3.78. The molecule has 96 valence electrons. The molecule has 0 unspecified atom stereocenters. The molecule has 0 saturated carbocycles. The maximum absolute atomic E-state index is 11.5. The molecule has 0 rings (SSSR count).